The summed E-state index contributed by atoms with van der Waals surface area (Å²) in [6, 6.07) is 5.72. The molecule has 0 saturated heterocycles. The smallest absolute Gasteiger partial charge is 0.260 e. The van der Waals surface area contributed by atoms with Crippen LogP contribution in [-0.2, 0) is 0 Å². The Hall–Kier alpha value is -2.01. The second-order valence-corrected chi connectivity index (χ2v) is 3.44. The van der Waals surface area contributed by atoms with Crippen molar-refractivity contribution < 1.29 is 14.4 Å². The van der Waals surface area contributed by atoms with Crippen LogP contribution >= 0.6 is 11.6 Å². The third kappa shape index (κ3) is 2.14. The van der Waals surface area contributed by atoms with Gasteiger partial charge in [0.25, 0.3) is 5.91 Å². The molecule has 5 nitrogen and oxygen atoms in total. The number of phenolic OH excluding ortho intramolecular Hbond substituents is 1. The van der Waals surface area contributed by atoms with Crippen LogP contribution in [0.25, 0.3) is 0 Å². The van der Waals surface area contributed by atoms with E-state index in [0.29, 0.717) is 5.02 Å². The Balaban J connectivity index is 2.21. The predicted octanol–water partition coefficient (Wildman–Crippen LogP) is 2.29. The topological polar surface area (TPSA) is 75.4 Å². The molecule has 0 atom stereocenters. The molecule has 16 heavy (non-hydrogen) atoms. The van der Waals surface area contributed by atoms with Crippen LogP contribution in [-0.4, -0.2) is 16.2 Å². The molecule has 0 aliphatic heterocycles. The molecule has 0 radical (unpaired) electrons. The minimum Gasteiger partial charge on any atom is -0.507 e. The first-order chi connectivity index (χ1) is 7.66. The fraction of sp³-hybridized carbons (Fsp3) is 0. The molecular formula is C10H7ClN2O3. The number of nitrogens with one attached hydrogen (secondary N) is 1. The highest BCUT2D eigenvalue weighted by molar-refractivity contribution is 6.30. The molecule has 1 aromatic carbocycles. The molecule has 0 saturated carbocycles. The Labute approximate surface area is 95.6 Å². The summed E-state index contributed by atoms with van der Waals surface area (Å²) in [5.74, 6) is -0.393. The number of hydrogen-bond donors (Lipinski definition) is 2. The predicted molar refractivity (Wildman–Crippen MR) is 57.6 cm³/mol. The summed E-state index contributed by atoms with van der Waals surface area (Å²) >= 11 is 5.65. The number of carbonyl (C=O) groups is 1. The molecule has 0 fully saturated rings. The number of nitrogens with zero attached hydrogens (tertiary/aromatic N) is 1. The Bertz CT molecular complexity index is 511. The van der Waals surface area contributed by atoms with E-state index in [1.807, 2.05) is 0 Å². The van der Waals surface area contributed by atoms with E-state index < -0.39 is 5.91 Å². The van der Waals surface area contributed by atoms with Crippen molar-refractivity contribution in [2.75, 3.05) is 5.32 Å². The first-order valence-corrected chi connectivity index (χ1v) is 4.75. The lowest BCUT2D eigenvalue weighted by atomic mass is 10.2. The zero-order valence-electron chi connectivity index (χ0n) is 7.98. The van der Waals surface area contributed by atoms with Crippen molar-refractivity contribution in [1.29, 1.82) is 0 Å². The molecule has 2 N–H and O–H groups in total. The SMILES string of the molecule is O=C(Nc1ccon1)c1ccc(Cl)cc1O. The van der Waals surface area contributed by atoms with Crippen molar-refractivity contribution in [1.82, 2.24) is 5.16 Å². The van der Waals surface area contributed by atoms with Crippen LogP contribution in [0.1, 0.15) is 10.4 Å². The molecule has 2 rings (SSSR count). The third-order valence-electron chi connectivity index (χ3n) is 1.88. The minimum atomic E-state index is -0.483. The largest absolute Gasteiger partial charge is 0.507 e. The standard InChI is InChI=1S/C10H7ClN2O3/c11-6-1-2-7(8(14)5-6)10(15)12-9-3-4-16-13-9/h1-5,14H,(H,12,13,15). The molecule has 0 aliphatic carbocycles. The molecule has 82 valence electrons. The molecular weight excluding hydrogens is 232 g/mol. The molecule has 1 amide bonds. The van der Waals surface area contributed by atoms with Crippen LogP contribution in [0.4, 0.5) is 5.82 Å². The van der Waals surface area contributed by atoms with Crippen molar-refractivity contribution in [3.8, 4) is 5.75 Å². The summed E-state index contributed by atoms with van der Waals surface area (Å²) in [7, 11) is 0. The van der Waals surface area contributed by atoms with Gasteiger partial charge in [-0.1, -0.05) is 16.8 Å². The number of halogens is 1. The number of hydrogen-bond acceptors (Lipinski definition) is 4. The summed E-state index contributed by atoms with van der Waals surface area (Å²) in [5, 5.41) is 15.8. The molecule has 6 heteroatoms. The maximum absolute atomic E-state index is 11.6. The van der Waals surface area contributed by atoms with E-state index in [0.717, 1.165) is 0 Å². The highest BCUT2D eigenvalue weighted by Gasteiger charge is 2.12. The number of aromatic nitrogens is 1. The number of rotatable bonds is 2. The van der Waals surface area contributed by atoms with E-state index in [1.54, 1.807) is 0 Å². The highest BCUT2D eigenvalue weighted by atomic mass is 35.5. The van der Waals surface area contributed by atoms with Crippen LogP contribution in [0.2, 0.25) is 5.02 Å². The molecule has 0 unspecified atom stereocenters. The summed E-state index contributed by atoms with van der Waals surface area (Å²) in [4.78, 5) is 11.6. The Morgan fingerprint density at radius 1 is 1.44 bits per heavy atom. The van der Waals surface area contributed by atoms with Crippen LogP contribution in [0.15, 0.2) is 35.1 Å². The van der Waals surface area contributed by atoms with Gasteiger partial charge < -0.3 is 14.9 Å². The third-order valence-corrected chi connectivity index (χ3v) is 2.12. The minimum absolute atomic E-state index is 0.118. The van der Waals surface area contributed by atoms with Gasteiger partial charge in [-0.25, -0.2) is 0 Å². The maximum atomic E-state index is 11.6. The Kier molecular flexibility index (Phi) is 2.78. The average Bonchev–Trinajstić information content (AvgIpc) is 2.70. The van der Waals surface area contributed by atoms with E-state index in [-0.39, 0.29) is 17.1 Å². The average molecular weight is 239 g/mol. The molecule has 0 aliphatic rings. The molecule has 2 aromatic rings. The van der Waals surface area contributed by atoms with Gasteiger partial charge in [0.1, 0.15) is 12.0 Å². The molecule has 1 aromatic heterocycles. The zero-order valence-corrected chi connectivity index (χ0v) is 8.73. The Morgan fingerprint density at radius 3 is 2.88 bits per heavy atom. The quantitative estimate of drug-likeness (QED) is 0.842. The number of aromatic hydroxyl groups is 1. The fourth-order valence-corrected chi connectivity index (χ4v) is 1.32. The van der Waals surface area contributed by atoms with E-state index >= 15 is 0 Å². The first kappa shape index (κ1) is 10.5. The van der Waals surface area contributed by atoms with Crippen LogP contribution in [0.3, 0.4) is 0 Å². The van der Waals surface area contributed by atoms with Crippen molar-refractivity contribution >= 4 is 23.3 Å². The lowest BCUT2D eigenvalue weighted by molar-refractivity contribution is 0.102. The van der Waals surface area contributed by atoms with Crippen molar-refractivity contribution in [3.63, 3.8) is 0 Å². The first-order valence-electron chi connectivity index (χ1n) is 4.37. The lowest BCUT2D eigenvalue weighted by Crippen LogP contribution is -2.12. The van der Waals surface area contributed by atoms with Gasteiger partial charge in [-0.2, -0.15) is 0 Å². The van der Waals surface area contributed by atoms with Gasteiger partial charge in [0, 0.05) is 11.1 Å². The van der Waals surface area contributed by atoms with Gasteiger partial charge in [0.15, 0.2) is 5.82 Å². The number of phenols is 1. The number of amides is 1. The summed E-state index contributed by atoms with van der Waals surface area (Å²) < 4.78 is 4.55. The van der Waals surface area contributed by atoms with Crippen molar-refractivity contribution in [2.24, 2.45) is 0 Å². The van der Waals surface area contributed by atoms with Gasteiger partial charge in [0.2, 0.25) is 0 Å². The van der Waals surface area contributed by atoms with E-state index in [2.05, 4.69) is 15.0 Å². The second kappa shape index (κ2) is 4.24. The molecule has 1 heterocycles. The summed E-state index contributed by atoms with van der Waals surface area (Å²) in [6.07, 6.45) is 1.33. The van der Waals surface area contributed by atoms with Crippen LogP contribution < -0.4 is 5.32 Å². The lowest BCUT2D eigenvalue weighted by Gasteiger charge is -2.03. The number of carbonyl (C=O) groups excluding carboxylic acids is 1. The second-order valence-electron chi connectivity index (χ2n) is 3.00. The number of anilines is 1. The highest BCUT2D eigenvalue weighted by Crippen LogP contribution is 2.22. The fourth-order valence-electron chi connectivity index (χ4n) is 1.16. The normalized spacial score (nSPS) is 10.1. The molecule has 0 bridgehead atoms. The Morgan fingerprint density at radius 2 is 2.25 bits per heavy atom. The van der Waals surface area contributed by atoms with Gasteiger partial charge >= 0.3 is 0 Å². The van der Waals surface area contributed by atoms with E-state index in [9.17, 15) is 9.90 Å². The van der Waals surface area contributed by atoms with Gasteiger partial charge in [-0.05, 0) is 18.2 Å². The number of benzene rings is 1. The zero-order chi connectivity index (χ0) is 11.5. The molecule has 0 spiro atoms. The summed E-state index contributed by atoms with van der Waals surface area (Å²) in [5.41, 5.74) is 0.118. The van der Waals surface area contributed by atoms with Gasteiger partial charge in [-0.15, -0.1) is 0 Å². The van der Waals surface area contributed by atoms with Gasteiger partial charge in [0.05, 0.1) is 5.56 Å². The monoisotopic (exact) mass is 238 g/mol. The van der Waals surface area contributed by atoms with E-state index in [4.69, 9.17) is 11.6 Å². The van der Waals surface area contributed by atoms with Crippen LogP contribution in [0, 0.1) is 0 Å². The van der Waals surface area contributed by atoms with E-state index in [1.165, 1.54) is 30.5 Å². The summed E-state index contributed by atoms with van der Waals surface area (Å²) in [6.45, 7) is 0. The van der Waals surface area contributed by atoms with Crippen molar-refractivity contribution in [2.45, 2.75) is 0 Å². The maximum Gasteiger partial charge on any atom is 0.260 e. The van der Waals surface area contributed by atoms with Crippen LogP contribution in [0.5, 0.6) is 5.75 Å². The van der Waals surface area contributed by atoms with Gasteiger partial charge in [-0.3, -0.25) is 4.79 Å². The van der Waals surface area contributed by atoms with Crippen molar-refractivity contribution in [3.05, 3.63) is 41.1 Å².